The highest BCUT2D eigenvalue weighted by Crippen LogP contribution is 2.30. The van der Waals surface area contributed by atoms with Gasteiger partial charge in [-0.05, 0) is 62.4 Å². The highest BCUT2D eigenvalue weighted by Gasteiger charge is 2.25. The van der Waals surface area contributed by atoms with Crippen molar-refractivity contribution in [2.24, 2.45) is 0 Å². The van der Waals surface area contributed by atoms with E-state index in [1.807, 2.05) is 49.6 Å². The van der Waals surface area contributed by atoms with E-state index < -0.39 is 18.0 Å². The number of hydrogen-bond acceptors (Lipinski definition) is 7. The van der Waals surface area contributed by atoms with Crippen LogP contribution in [0.1, 0.15) is 34.1 Å². The number of carbonyl (C=O) groups excluding carboxylic acids is 2. The molecular weight excluding hydrogens is 414 g/mol. The third-order valence-electron chi connectivity index (χ3n) is 4.91. The summed E-state index contributed by atoms with van der Waals surface area (Å²) in [5.41, 5.74) is 4.26. The number of benzene rings is 1. The van der Waals surface area contributed by atoms with Crippen molar-refractivity contribution in [3.8, 4) is 10.6 Å². The van der Waals surface area contributed by atoms with Gasteiger partial charge in [0.25, 0.3) is 11.6 Å². The zero-order chi connectivity index (χ0) is 22.1. The normalized spacial score (nSPS) is 12.0. The predicted octanol–water partition coefficient (Wildman–Crippen LogP) is 5.06. The number of anilines is 1. The van der Waals surface area contributed by atoms with Crippen molar-refractivity contribution in [1.82, 2.24) is 10.1 Å². The van der Waals surface area contributed by atoms with E-state index in [0.717, 1.165) is 16.0 Å². The van der Waals surface area contributed by atoms with Crippen LogP contribution in [0.4, 0.5) is 5.69 Å². The molecule has 0 aliphatic heterocycles. The minimum absolute atomic E-state index is 0.253. The van der Waals surface area contributed by atoms with Gasteiger partial charge in [-0.25, -0.2) is 9.78 Å². The summed E-state index contributed by atoms with van der Waals surface area (Å²) in [6.45, 7) is 7.11. The van der Waals surface area contributed by atoms with Crippen LogP contribution in [0.25, 0.3) is 21.7 Å². The lowest BCUT2D eigenvalue weighted by Gasteiger charge is -2.15. The van der Waals surface area contributed by atoms with Crippen LogP contribution in [0.5, 0.6) is 0 Å². The van der Waals surface area contributed by atoms with Crippen LogP contribution in [-0.4, -0.2) is 28.1 Å². The molecule has 7 nitrogen and oxygen atoms in total. The largest absolute Gasteiger partial charge is 0.449 e. The van der Waals surface area contributed by atoms with E-state index >= 15 is 0 Å². The molecule has 3 heterocycles. The highest BCUT2D eigenvalue weighted by atomic mass is 32.1. The molecule has 8 heteroatoms. The van der Waals surface area contributed by atoms with E-state index in [-0.39, 0.29) is 11.3 Å². The monoisotopic (exact) mass is 435 g/mol. The third-order valence-corrected chi connectivity index (χ3v) is 5.81. The van der Waals surface area contributed by atoms with E-state index in [0.29, 0.717) is 22.5 Å². The van der Waals surface area contributed by atoms with Gasteiger partial charge >= 0.3 is 5.97 Å². The molecule has 158 valence electrons. The fourth-order valence-electron chi connectivity index (χ4n) is 3.19. The number of ether oxygens (including phenoxy) is 1. The van der Waals surface area contributed by atoms with Gasteiger partial charge in [-0.1, -0.05) is 23.4 Å². The Morgan fingerprint density at radius 2 is 1.97 bits per heavy atom. The molecule has 0 fully saturated rings. The summed E-state index contributed by atoms with van der Waals surface area (Å²) >= 11 is 1.49. The molecule has 1 unspecified atom stereocenters. The van der Waals surface area contributed by atoms with Gasteiger partial charge in [0.05, 0.1) is 27.2 Å². The molecule has 4 rings (SSSR count). The Hall–Kier alpha value is -3.52. The standard InChI is InChI=1S/C23H21N3O4S/c1-12-7-8-13(2)17(10-12)24-21(27)15(4)29-23(28)16-11-18(19-6-5-9-31-19)25-22-20(16)14(3)26-30-22/h5-11,15H,1-4H3,(H,24,27). The lowest BCUT2D eigenvalue weighted by molar-refractivity contribution is -0.123. The summed E-state index contributed by atoms with van der Waals surface area (Å²) < 4.78 is 10.8. The smallest absolute Gasteiger partial charge is 0.339 e. The van der Waals surface area contributed by atoms with E-state index in [1.54, 1.807) is 13.0 Å². The number of aromatic nitrogens is 2. The number of pyridine rings is 1. The van der Waals surface area contributed by atoms with Crippen molar-refractivity contribution in [2.75, 3.05) is 5.32 Å². The zero-order valence-corrected chi connectivity index (χ0v) is 18.4. The number of nitrogens with one attached hydrogen (secondary N) is 1. The lowest BCUT2D eigenvalue weighted by atomic mass is 10.1. The average Bonchev–Trinajstić information content (AvgIpc) is 3.40. The molecule has 0 radical (unpaired) electrons. The number of hydrogen-bond donors (Lipinski definition) is 1. The number of aryl methyl sites for hydroxylation is 3. The van der Waals surface area contributed by atoms with E-state index in [1.165, 1.54) is 18.3 Å². The summed E-state index contributed by atoms with van der Waals surface area (Å²) in [5, 5.41) is 9.16. The van der Waals surface area contributed by atoms with E-state index in [4.69, 9.17) is 9.26 Å². The average molecular weight is 436 g/mol. The maximum Gasteiger partial charge on any atom is 0.339 e. The summed E-state index contributed by atoms with van der Waals surface area (Å²) in [7, 11) is 0. The predicted molar refractivity (Wildman–Crippen MR) is 119 cm³/mol. The zero-order valence-electron chi connectivity index (χ0n) is 17.6. The number of rotatable bonds is 5. The van der Waals surface area contributed by atoms with Gasteiger partial charge in [0.1, 0.15) is 0 Å². The highest BCUT2D eigenvalue weighted by molar-refractivity contribution is 7.13. The maximum atomic E-state index is 13.0. The SMILES string of the molecule is Cc1ccc(C)c(NC(=O)C(C)OC(=O)c2cc(-c3cccs3)nc3onc(C)c23)c1. The number of fused-ring (bicyclic) bond motifs is 1. The van der Waals surface area contributed by atoms with Crippen LogP contribution in [0, 0.1) is 20.8 Å². The summed E-state index contributed by atoms with van der Waals surface area (Å²) in [4.78, 5) is 31.0. The second-order valence-electron chi connectivity index (χ2n) is 7.34. The molecule has 0 aliphatic rings. The Morgan fingerprint density at radius 1 is 1.16 bits per heavy atom. The summed E-state index contributed by atoms with van der Waals surface area (Å²) in [5.74, 6) is -1.05. The molecule has 0 aliphatic carbocycles. The number of carbonyl (C=O) groups is 2. The molecule has 3 aromatic heterocycles. The van der Waals surface area contributed by atoms with Crippen LogP contribution < -0.4 is 5.32 Å². The molecule has 0 bridgehead atoms. The van der Waals surface area contributed by atoms with Crippen molar-refractivity contribution in [3.63, 3.8) is 0 Å². The van der Waals surface area contributed by atoms with Crippen molar-refractivity contribution in [3.05, 3.63) is 64.2 Å². The molecule has 0 saturated carbocycles. The van der Waals surface area contributed by atoms with Gasteiger partial charge in [0.15, 0.2) is 6.10 Å². The van der Waals surface area contributed by atoms with Crippen molar-refractivity contribution < 1.29 is 18.8 Å². The van der Waals surface area contributed by atoms with Crippen LogP contribution in [0.2, 0.25) is 0 Å². The fraction of sp³-hybridized carbons (Fsp3) is 0.217. The number of esters is 1. The minimum Gasteiger partial charge on any atom is -0.449 e. The van der Waals surface area contributed by atoms with Crippen molar-refractivity contribution in [2.45, 2.75) is 33.8 Å². The number of nitrogens with zero attached hydrogens (tertiary/aromatic N) is 2. The second-order valence-corrected chi connectivity index (χ2v) is 8.28. The first-order valence-electron chi connectivity index (χ1n) is 9.73. The maximum absolute atomic E-state index is 13.0. The van der Waals surface area contributed by atoms with Gasteiger partial charge < -0.3 is 14.6 Å². The van der Waals surface area contributed by atoms with Gasteiger partial charge in [-0.3, -0.25) is 4.79 Å². The Bertz CT molecular complexity index is 1280. The van der Waals surface area contributed by atoms with E-state index in [9.17, 15) is 9.59 Å². The van der Waals surface area contributed by atoms with Gasteiger partial charge in [-0.15, -0.1) is 11.3 Å². The first-order valence-corrected chi connectivity index (χ1v) is 10.6. The Balaban J connectivity index is 1.59. The molecule has 1 aromatic carbocycles. The lowest BCUT2D eigenvalue weighted by Crippen LogP contribution is -2.30. The van der Waals surface area contributed by atoms with Crippen LogP contribution in [-0.2, 0) is 9.53 Å². The van der Waals surface area contributed by atoms with Crippen LogP contribution in [0.3, 0.4) is 0 Å². The second kappa shape index (κ2) is 8.31. The van der Waals surface area contributed by atoms with Gasteiger partial charge in [-0.2, -0.15) is 0 Å². The molecule has 1 N–H and O–H groups in total. The van der Waals surface area contributed by atoms with Gasteiger partial charge in [0, 0.05) is 5.69 Å². The quantitative estimate of drug-likeness (QED) is 0.440. The van der Waals surface area contributed by atoms with E-state index in [2.05, 4.69) is 15.5 Å². The summed E-state index contributed by atoms with van der Waals surface area (Å²) in [6.07, 6.45) is -0.999. The van der Waals surface area contributed by atoms with Crippen molar-refractivity contribution in [1.29, 1.82) is 0 Å². The van der Waals surface area contributed by atoms with Crippen molar-refractivity contribution >= 4 is 40.0 Å². The number of amides is 1. The number of thiophene rings is 1. The molecule has 1 amide bonds. The Morgan fingerprint density at radius 3 is 2.71 bits per heavy atom. The Labute approximate surface area is 183 Å². The van der Waals surface area contributed by atoms with Gasteiger partial charge in [0.2, 0.25) is 0 Å². The fourth-order valence-corrected chi connectivity index (χ4v) is 3.87. The topological polar surface area (TPSA) is 94.3 Å². The summed E-state index contributed by atoms with van der Waals surface area (Å²) in [6, 6.07) is 11.2. The molecule has 0 saturated heterocycles. The first-order chi connectivity index (χ1) is 14.8. The Kier molecular flexibility index (Phi) is 5.56. The minimum atomic E-state index is -0.999. The molecule has 31 heavy (non-hydrogen) atoms. The van der Waals surface area contributed by atoms with Crippen LogP contribution >= 0.6 is 11.3 Å². The molecule has 1 atom stereocenters. The first kappa shape index (κ1) is 20.7. The third kappa shape index (κ3) is 4.20. The van der Waals surface area contributed by atoms with Crippen LogP contribution in [0.15, 0.2) is 46.3 Å². The molecule has 0 spiro atoms. The molecule has 4 aromatic rings. The molecular formula is C23H21N3O4S.